The highest BCUT2D eigenvalue weighted by Gasteiger charge is 2.15. The highest BCUT2D eigenvalue weighted by atomic mass is 16.3. The molecular formula is C12H17NO2. The average molecular weight is 207 g/mol. The monoisotopic (exact) mass is 207 g/mol. The molecule has 0 fully saturated rings. The Morgan fingerprint density at radius 1 is 1.47 bits per heavy atom. The van der Waals surface area contributed by atoms with Crippen molar-refractivity contribution < 1.29 is 9.90 Å². The molecule has 0 saturated heterocycles. The van der Waals surface area contributed by atoms with Gasteiger partial charge in [-0.1, -0.05) is 19.1 Å². The van der Waals surface area contributed by atoms with Gasteiger partial charge >= 0.3 is 0 Å². The number of rotatable bonds is 4. The number of nitrogens with zero attached hydrogens (tertiary/aromatic N) is 1. The topological polar surface area (TPSA) is 40.5 Å². The van der Waals surface area contributed by atoms with E-state index in [1.165, 1.54) is 6.07 Å². The molecule has 1 aromatic carbocycles. The molecule has 3 heteroatoms. The van der Waals surface area contributed by atoms with Crippen LogP contribution in [0.4, 0.5) is 0 Å². The highest BCUT2D eigenvalue weighted by molar-refractivity contribution is 5.98. The molecule has 3 nitrogen and oxygen atoms in total. The first kappa shape index (κ1) is 11.7. The van der Waals surface area contributed by atoms with Crippen LogP contribution in [-0.2, 0) is 0 Å². The van der Waals surface area contributed by atoms with Crippen LogP contribution < -0.4 is 0 Å². The van der Waals surface area contributed by atoms with Gasteiger partial charge in [0.15, 0.2) is 5.78 Å². The smallest absolute Gasteiger partial charge is 0.167 e. The van der Waals surface area contributed by atoms with Gasteiger partial charge in [0, 0.05) is 18.0 Å². The van der Waals surface area contributed by atoms with Crippen molar-refractivity contribution in [3.05, 3.63) is 29.8 Å². The Kier molecular flexibility index (Phi) is 3.86. The summed E-state index contributed by atoms with van der Waals surface area (Å²) in [6.45, 7) is 2.61. The number of carbonyl (C=O) groups is 1. The maximum absolute atomic E-state index is 11.9. The number of phenolic OH excluding ortho intramolecular Hbond substituents is 1. The van der Waals surface area contributed by atoms with E-state index in [1.807, 2.05) is 25.9 Å². The molecule has 0 spiro atoms. The Morgan fingerprint density at radius 2 is 2.13 bits per heavy atom. The Balaban J connectivity index is 2.76. The van der Waals surface area contributed by atoms with E-state index < -0.39 is 0 Å². The van der Waals surface area contributed by atoms with Gasteiger partial charge in [-0.05, 0) is 26.2 Å². The fourth-order valence-electron chi connectivity index (χ4n) is 1.57. The Bertz CT molecular complexity index is 347. The van der Waals surface area contributed by atoms with Crippen molar-refractivity contribution >= 4 is 5.78 Å². The van der Waals surface area contributed by atoms with Gasteiger partial charge in [-0.15, -0.1) is 0 Å². The van der Waals surface area contributed by atoms with Crippen LogP contribution in [0.25, 0.3) is 0 Å². The first-order valence-electron chi connectivity index (χ1n) is 4.98. The van der Waals surface area contributed by atoms with Crippen LogP contribution >= 0.6 is 0 Å². The lowest BCUT2D eigenvalue weighted by Crippen LogP contribution is -2.25. The summed E-state index contributed by atoms with van der Waals surface area (Å²) in [4.78, 5) is 13.9. The molecule has 0 radical (unpaired) electrons. The fraction of sp³-hybridized carbons (Fsp3) is 0.417. The van der Waals surface area contributed by atoms with Gasteiger partial charge < -0.3 is 10.0 Å². The molecule has 0 amide bonds. The minimum Gasteiger partial charge on any atom is -0.508 e. The van der Waals surface area contributed by atoms with E-state index in [-0.39, 0.29) is 17.5 Å². The molecule has 15 heavy (non-hydrogen) atoms. The molecular weight excluding hydrogens is 190 g/mol. The van der Waals surface area contributed by atoms with E-state index in [0.29, 0.717) is 12.1 Å². The average Bonchev–Trinajstić information content (AvgIpc) is 2.15. The Morgan fingerprint density at radius 3 is 2.67 bits per heavy atom. The van der Waals surface area contributed by atoms with Crippen LogP contribution in [0.3, 0.4) is 0 Å². The van der Waals surface area contributed by atoms with Crippen LogP contribution in [0.1, 0.15) is 17.3 Å². The minimum atomic E-state index is -0.0539. The molecule has 0 unspecified atom stereocenters. The molecule has 0 aliphatic carbocycles. The van der Waals surface area contributed by atoms with Crippen molar-refractivity contribution in [1.29, 1.82) is 0 Å². The third-order valence-electron chi connectivity index (χ3n) is 2.22. The molecule has 1 rings (SSSR count). The van der Waals surface area contributed by atoms with E-state index in [9.17, 15) is 9.90 Å². The van der Waals surface area contributed by atoms with E-state index in [2.05, 4.69) is 0 Å². The lowest BCUT2D eigenvalue weighted by Gasteiger charge is -2.15. The zero-order valence-corrected chi connectivity index (χ0v) is 9.40. The molecule has 82 valence electrons. The van der Waals surface area contributed by atoms with Gasteiger partial charge in [-0.25, -0.2) is 0 Å². The second kappa shape index (κ2) is 4.94. The number of phenols is 1. The molecule has 1 atom stereocenters. The Labute approximate surface area is 90.3 Å². The van der Waals surface area contributed by atoms with Crippen molar-refractivity contribution in [3.8, 4) is 5.75 Å². The lowest BCUT2D eigenvalue weighted by atomic mass is 9.99. The van der Waals surface area contributed by atoms with E-state index in [4.69, 9.17) is 0 Å². The van der Waals surface area contributed by atoms with Gasteiger partial charge in [0.25, 0.3) is 0 Å². The third-order valence-corrected chi connectivity index (χ3v) is 2.22. The predicted octanol–water partition coefficient (Wildman–Crippen LogP) is 1.77. The molecule has 0 heterocycles. The van der Waals surface area contributed by atoms with Crippen molar-refractivity contribution in [1.82, 2.24) is 4.90 Å². The summed E-state index contributed by atoms with van der Waals surface area (Å²) in [5.41, 5.74) is 0.573. The number of ketones is 1. The zero-order valence-electron chi connectivity index (χ0n) is 9.40. The summed E-state index contributed by atoms with van der Waals surface area (Å²) in [6, 6.07) is 6.49. The number of hydrogen-bond donors (Lipinski definition) is 1. The summed E-state index contributed by atoms with van der Waals surface area (Å²) in [7, 11) is 3.87. The first-order chi connectivity index (χ1) is 7.00. The van der Waals surface area contributed by atoms with Crippen LogP contribution in [0, 0.1) is 5.92 Å². The number of aromatic hydroxyl groups is 1. The standard InChI is InChI=1S/C12H17NO2/c1-9(8-13(2)3)12(15)10-5-4-6-11(14)7-10/h4-7,9,14H,8H2,1-3H3/t9-/m0/s1. The summed E-state index contributed by atoms with van der Waals surface area (Å²) < 4.78 is 0. The largest absolute Gasteiger partial charge is 0.508 e. The SMILES string of the molecule is C[C@@H](CN(C)C)C(=O)c1cccc(O)c1. The molecule has 0 bridgehead atoms. The van der Waals surface area contributed by atoms with Crippen LogP contribution in [0.5, 0.6) is 5.75 Å². The molecule has 1 N–H and O–H groups in total. The van der Waals surface area contributed by atoms with Gasteiger partial charge in [-0.3, -0.25) is 4.79 Å². The fourth-order valence-corrected chi connectivity index (χ4v) is 1.57. The van der Waals surface area contributed by atoms with Crippen molar-refractivity contribution in [2.24, 2.45) is 5.92 Å². The van der Waals surface area contributed by atoms with Gasteiger partial charge in [0.05, 0.1) is 0 Å². The number of carbonyl (C=O) groups excluding carboxylic acids is 1. The summed E-state index contributed by atoms with van der Waals surface area (Å²) >= 11 is 0. The number of benzene rings is 1. The molecule has 0 saturated carbocycles. The molecule has 1 aromatic rings. The van der Waals surface area contributed by atoms with Gasteiger partial charge in [-0.2, -0.15) is 0 Å². The second-order valence-electron chi connectivity index (χ2n) is 4.08. The normalized spacial score (nSPS) is 12.8. The van der Waals surface area contributed by atoms with Crippen LogP contribution in [0.15, 0.2) is 24.3 Å². The van der Waals surface area contributed by atoms with E-state index in [0.717, 1.165) is 0 Å². The third kappa shape index (κ3) is 3.36. The minimum absolute atomic E-state index is 0.0539. The highest BCUT2D eigenvalue weighted by Crippen LogP contribution is 2.15. The lowest BCUT2D eigenvalue weighted by molar-refractivity contribution is 0.0909. The quantitative estimate of drug-likeness (QED) is 0.765. The van der Waals surface area contributed by atoms with E-state index in [1.54, 1.807) is 18.2 Å². The molecule has 0 aromatic heterocycles. The summed E-state index contributed by atoms with van der Waals surface area (Å²) in [6.07, 6.45) is 0. The summed E-state index contributed by atoms with van der Waals surface area (Å²) in [5.74, 6) is 0.152. The first-order valence-corrected chi connectivity index (χ1v) is 4.98. The Hall–Kier alpha value is -1.35. The van der Waals surface area contributed by atoms with E-state index >= 15 is 0 Å². The zero-order chi connectivity index (χ0) is 11.4. The predicted molar refractivity (Wildman–Crippen MR) is 60.2 cm³/mol. The van der Waals surface area contributed by atoms with Crippen LogP contribution in [-0.4, -0.2) is 36.4 Å². The van der Waals surface area contributed by atoms with Gasteiger partial charge in [0.2, 0.25) is 0 Å². The van der Waals surface area contributed by atoms with Crippen molar-refractivity contribution in [2.75, 3.05) is 20.6 Å². The maximum Gasteiger partial charge on any atom is 0.167 e. The number of hydrogen-bond acceptors (Lipinski definition) is 3. The van der Waals surface area contributed by atoms with Crippen LogP contribution in [0.2, 0.25) is 0 Å². The maximum atomic E-state index is 11.9. The second-order valence-corrected chi connectivity index (χ2v) is 4.08. The molecule has 0 aliphatic heterocycles. The van der Waals surface area contributed by atoms with Crippen molar-refractivity contribution in [2.45, 2.75) is 6.92 Å². The molecule has 0 aliphatic rings. The van der Waals surface area contributed by atoms with Gasteiger partial charge in [0.1, 0.15) is 5.75 Å². The summed E-state index contributed by atoms with van der Waals surface area (Å²) in [5, 5.41) is 9.26. The van der Waals surface area contributed by atoms with Crippen molar-refractivity contribution in [3.63, 3.8) is 0 Å². The number of Topliss-reactive ketones (excluding diaryl/α,β-unsaturated/α-hetero) is 1.